The Kier molecular flexibility index (Phi) is 7.29. The van der Waals surface area contributed by atoms with E-state index in [1.165, 1.54) is 13.5 Å². The number of carbonyl (C=O) groups is 2. The molecule has 128 valence electrons. The second-order valence-electron chi connectivity index (χ2n) is 6.66. The summed E-state index contributed by atoms with van der Waals surface area (Å²) in [6.07, 6.45) is 4.25. The number of esters is 1. The second kappa shape index (κ2) is 8.48. The first-order chi connectivity index (χ1) is 10.3. The average Bonchev–Trinajstić information content (AvgIpc) is 2.49. The summed E-state index contributed by atoms with van der Waals surface area (Å²) in [7, 11) is 1.21. The van der Waals surface area contributed by atoms with Crippen molar-refractivity contribution in [2.45, 2.75) is 58.6 Å². The molecule has 22 heavy (non-hydrogen) atoms. The molecule has 0 aromatic heterocycles. The maximum absolute atomic E-state index is 11.8. The van der Waals surface area contributed by atoms with Crippen molar-refractivity contribution < 1.29 is 24.2 Å². The van der Waals surface area contributed by atoms with Crippen LogP contribution in [0.1, 0.15) is 46.5 Å². The molecule has 0 saturated heterocycles. The van der Waals surface area contributed by atoms with Gasteiger partial charge in [0.05, 0.1) is 19.8 Å². The van der Waals surface area contributed by atoms with Crippen molar-refractivity contribution in [3.63, 3.8) is 0 Å². The van der Waals surface area contributed by atoms with Crippen LogP contribution in [0.2, 0.25) is 0 Å². The summed E-state index contributed by atoms with van der Waals surface area (Å²) in [5.41, 5.74) is 0.249. The summed E-state index contributed by atoms with van der Waals surface area (Å²) >= 11 is 0. The summed E-state index contributed by atoms with van der Waals surface area (Å²) in [5, 5.41) is 11.5. The standard InChI is InChI=1S/C16H29NO5/c1-11(2)16(3)7-5-6-12(8-16)22-10-14(19)17-13(9-18)15(20)21-4/h11-13,18H,5-10H2,1-4H3,(H,17,19)/t12?,13-,16?/m0/s1. The Morgan fingerprint density at radius 1 is 1.41 bits per heavy atom. The van der Waals surface area contributed by atoms with E-state index in [1.807, 2.05) is 0 Å². The molecule has 6 heteroatoms. The molecule has 6 nitrogen and oxygen atoms in total. The molecule has 1 saturated carbocycles. The molecule has 0 heterocycles. The fraction of sp³-hybridized carbons (Fsp3) is 0.875. The van der Waals surface area contributed by atoms with Gasteiger partial charge in [-0.2, -0.15) is 0 Å². The molecule has 1 aliphatic rings. The third kappa shape index (κ3) is 5.25. The van der Waals surface area contributed by atoms with Crippen LogP contribution < -0.4 is 5.32 Å². The van der Waals surface area contributed by atoms with Crippen molar-refractivity contribution in [2.24, 2.45) is 11.3 Å². The van der Waals surface area contributed by atoms with E-state index >= 15 is 0 Å². The highest BCUT2D eigenvalue weighted by molar-refractivity contribution is 5.85. The van der Waals surface area contributed by atoms with Gasteiger partial charge < -0.3 is 19.9 Å². The van der Waals surface area contributed by atoms with Crippen molar-refractivity contribution in [1.29, 1.82) is 0 Å². The minimum absolute atomic E-state index is 0.0672. The number of ether oxygens (including phenoxy) is 2. The number of nitrogens with one attached hydrogen (secondary N) is 1. The molecular formula is C16H29NO5. The quantitative estimate of drug-likeness (QED) is 0.691. The van der Waals surface area contributed by atoms with Crippen LogP contribution >= 0.6 is 0 Å². The SMILES string of the molecule is COC(=O)[C@H](CO)NC(=O)COC1CCCC(C)(C(C)C)C1. The van der Waals surface area contributed by atoms with Gasteiger partial charge in [-0.05, 0) is 30.6 Å². The van der Waals surface area contributed by atoms with E-state index in [0.717, 1.165) is 19.3 Å². The molecule has 1 rings (SSSR count). The highest BCUT2D eigenvalue weighted by atomic mass is 16.5. The Balaban J connectivity index is 2.42. The van der Waals surface area contributed by atoms with Crippen molar-refractivity contribution in [1.82, 2.24) is 5.32 Å². The van der Waals surface area contributed by atoms with Gasteiger partial charge in [-0.15, -0.1) is 0 Å². The first-order valence-electron chi connectivity index (χ1n) is 7.92. The second-order valence-corrected chi connectivity index (χ2v) is 6.66. The zero-order valence-electron chi connectivity index (χ0n) is 14.1. The summed E-state index contributed by atoms with van der Waals surface area (Å²) in [6.45, 7) is 6.11. The minimum atomic E-state index is -1.03. The van der Waals surface area contributed by atoms with Gasteiger partial charge in [0.15, 0.2) is 6.04 Å². The predicted octanol–water partition coefficient (Wildman–Crippen LogP) is 1.26. The number of methoxy groups -OCH3 is 1. The van der Waals surface area contributed by atoms with Gasteiger partial charge in [-0.3, -0.25) is 4.79 Å². The molecule has 2 unspecified atom stereocenters. The molecule has 0 spiro atoms. The Bertz CT molecular complexity index is 385. The lowest BCUT2D eigenvalue weighted by Gasteiger charge is -2.41. The number of hydrogen-bond donors (Lipinski definition) is 2. The van der Waals surface area contributed by atoms with Gasteiger partial charge >= 0.3 is 5.97 Å². The summed E-state index contributed by atoms with van der Waals surface area (Å²) in [4.78, 5) is 23.1. The molecular weight excluding hydrogens is 286 g/mol. The summed E-state index contributed by atoms with van der Waals surface area (Å²) in [5.74, 6) is -0.506. The molecule has 0 aromatic rings. The van der Waals surface area contributed by atoms with Crippen LogP contribution in [0.4, 0.5) is 0 Å². The van der Waals surface area contributed by atoms with E-state index in [2.05, 4.69) is 30.8 Å². The lowest BCUT2D eigenvalue weighted by Crippen LogP contribution is -2.46. The van der Waals surface area contributed by atoms with Crippen molar-refractivity contribution in [2.75, 3.05) is 20.3 Å². The van der Waals surface area contributed by atoms with E-state index in [1.54, 1.807) is 0 Å². The van der Waals surface area contributed by atoms with Gasteiger partial charge in [-0.1, -0.05) is 27.2 Å². The van der Waals surface area contributed by atoms with E-state index in [0.29, 0.717) is 5.92 Å². The topological polar surface area (TPSA) is 84.9 Å². The van der Waals surface area contributed by atoms with E-state index in [-0.39, 0.29) is 18.1 Å². The largest absolute Gasteiger partial charge is 0.467 e. The van der Waals surface area contributed by atoms with Gasteiger partial charge in [0.2, 0.25) is 5.91 Å². The number of hydrogen-bond acceptors (Lipinski definition) is 5. The number of rotatable bonds is 7. The monoisotopic (exact) mass is 315 g/mol. The molecule has 0 radical (unpaired) electrons. The predicted molar refractivity (Wildman–Crippen MR) is 82.2 cm³/mol. The van der Waals surface area contributed by atoms with Crippen LogP contribution in [-0.4, -0.2) is 49.5 Å². The lowest BCUT2D eigenvalue weighted by molar-refractivity contribution is -0.147. The molecule has 0 aromatic carbocycles. The van der Waals surface area contributed by atoms with Crippen molar-refractivity contribution in [3.05, 3.63) is 0 Å². The first-order valence-corrected chi connectivity index (χ1v) is 7.92. The number of aliphatic hydroxyl groups excluding tert-OH is 1. The number of aliphatic hydroxyl groups is 1. The molecule has 3 atom stereocenters. The van der Waals surface area contributed by atoms with Gasteiger partial charge in [0.25, 0.3) is 0 Å². The van der Waals surface area contributed by atoms with Crippen LogP contribution in [-0.2, 0) is 19.1 Å². The maximum atomic E-state index is 11.8. The zero-order valence-corrected chi connectivity index (χ0v) is 14.1. The van der Waals surface area contributed by atoms with E-state index < -0.39 is 24.5 Å². The van der Waals surface area contributed by atoms with Gasteiger partial charge in [0, 0.05) is 0 Å². The Morgan fingerprint density at radius 3 is 2.64 bits per heavy atom. The van der Waals surface area contributed by atoms with Crippen LogP contribution in [0.15, 0.2) is 0 Å². The van der Waals surface area contributed by atoms with Crippen LogP contribution in [0.5, 0.6) is 0 Å². The molecule has 2 N–H and O–H groups in total. The van der Waals surface area contributed by atoms with Gasteiger partial charge in [-0.25, -0.2) is 4.79 Å². The fourth-order valence-corrected chi connectivity index (χ4v) is 2.88. The third-order valence-corrected chi connectivity index (χ3v) is 4.82. The van der Waals surface area contributed by atoms with Crippen LogP contribution in [0.3, 0.4) is 0 Å². The normalized spacial score (nSPS) is 26.5. The number of amides is 1. The van der Waals surface area contributed by atoms with Gasteiger partial charge in [0.1, 0.15) is 6.61 Å². The van der Waals surface area contributed by atoms with Crippen LogP contribution in [0.25, 0.3) is 0 Å². The third-order valence-electron chi connectivity index (χ3n) is 4.82. The highest BCUT2D eigenvalue weighted by Crippen LogP contribution is 2.42. The smallest absolute Gasteiger partial charge is 0.330 e. The average molecular weight is 315 g/mol. The van der Waals surface area contributed by atoms with Crippen molar-refractivity contribution in [3.8, 4) is 0 Å². The Morgan fingerprint density at radius 2 is 2.09 bits per heavy atom. The lowest BCUT2D eigenvalue weighted by atomic mass is 9.67. The molecule has 1 amide bonds. The van der Waals surface area contributed by atoms with Crippen molar-refractivity contribution >= 4 is 11.9 Å². The maximum Gasteiger partial charge on any atom is 0.330 e. The van der Waals surface area contributed by atoms with E-state index in [9.17, 15) is 9.59 Å². The minimum Gasteiger partial charge on any atom is -0.467 e. The molecule has 1 aliphatic carbocycles. The number of carbonyl (C=O) groups excluding carboxylic acids is 2. The van der Waals surface area contributed by atoms with E-state index in [4.69, 9.17) is 9.84 Å². The summed E-state index contributed by atoms with van der Waals surface area (Å²) < 4.78 is 10.2. The first kappa shape index (κ1) is 18.9. The summed E-state index contributed by atoms with van der Waals surface area (Å²) in [6, 6.07) is -1.03. The Labute approximate surface area is 132 Å². The molecule has 0 aliphatic heterocycles. The molecule has 0 bridgehead atoms. The highest BCUT2D eigenvalue weighted by Gasteiger charge is 2.35. The Hall–Kier alpha value is -1.14. The van der Waals surface area contributed by atoms with Crippen LogP contribution in [0, 0.1) is 11.3 Å². The fourth-order valence-electron chi connectivity index (χ4n) is 2.88. The molecule has 1 fully saturated rings. The zero-order chi connectivity index (χ0) is 16.8.